The van der Waals surface area contributed by atoms with Crippen molar-refractivity contribution >= 4 is 0 Å². The molecule has 0 aliphatic carbocycles. The van der Waals surface area contributed by atoms with Crippen molar-refractivity contribution in [2.75, 3.05) is 0 Å². The zero-order chi connectivity index (χ0) is 14.9. The second-order valence-electron chi connectivity index (χ2n) is 6.85. The van der Waals surface area contributed by atoms with Gasteiger partial charge >= 0.3 is 0 Å². The van der Waals surface area contributed by atoms with Crippen LogP contribution in [-0.4, -0.2) is 5.11 Å². The lowest BCUT2D eigenvalue weighted by Crippen LogP contribution is -2.08. The fourth-order valence-corrected chi connectivity index (χ4v) is 2.90. The average Bonchev–Trinajstić information content (AvgIpc) is 2.26. The van der Waals surface area contributed by atoms with Crippen LogP contribution in [0.15, 0.2) is 6.07 Å². The molecule has 0 bridgehead atoms. The summed E-state index contributed by atoms with van der Waals surface area (Å²) in [5, 5.41) is 10.7. The predicted molar refractivity (Wildman–Crippen MR) is 84.5 cm³/mol. The van der Waals surface area contributed by atoms with Crippen LogP contribution in [0.1, 0.15) is 101 Å². The maximum atomic E-state index is 10.7. The van der Waals surface area contributed by atoms with Gasteiger partial charge in [0.2, 0.25) is 0 Å². The first-order valence-electron chi connectivity index (χ1n) is 7.57. The van der Waals surface area contributed by atoms with Gasteiger partial charge in [0, 0.05) is 5.56 Å². The summed E-state index contributed by atoms with van der Waals surface area (Å²) in [5.41, 5.74) is 5.01. The van der Waals surface area contributed by atoms with E-state index in [9.17, 15) is 5.11 Å². The molecule has 0 amide bonds. The summed E-state index contributed by atoms with van der Waals surface area (Å²) in [4.78, 5) is 0. The molecule has 0 aliphatic rings. The van der Waals surface area contributed by atoms with Gasteiger partial charge in [0.15, 0.2) is 0 Å². The molecule has 0 aliphatic heterocycles. The molecule has 1 rings (SSSR count). The quantitative estimate of drug-likeness (QED) is 0.717. The Labute approximate surface area is 119 Å². The van der Waals surface area contributed by atoms with Crippen molar-refractivity contribution in [3.8, 4) is 5.75 Å². The van der Waals surface area contributed by atoms with Gasteiger partial charge in [-0.25, -0.2) is 0 Å². The Morgan fingerprint density at radius 3 is 1.37 bits per heavy atom. The summed E-state index contributed by atoms with van der Waals surface area (Å²) in [7, 11) is 0. The number of hydrogen-bond acceptors (Lipinski definition) is 1. The zero-order valence-corrected chi connectivity index (χ0v) is 13.8. The lowest BCUT2D eigenvalue weighted by atomic mass is 9.79. The number of rotatable bonds is 4. The van der Waals surface area contributed by atoms with E-state index < -0.39 is 0 Å². The van der Waals surface area contributed by atoms with Crippen LogP contribution in [0.4, 0.5) is 0 Å². The van der Waals surface area contributed by atoms with Gasteiger partial charge in [-0.3, -0.25) is 0 Å². The molecule has 1 heteroatoms. The lowest BCUT2D eigenvalue weighted by molar-refractivity contribution is 0.451. The molecular weight excluding hydrogens is 232 g/mol. The van der Waals surface area contributed by atoms with Gasteiger partial charge in [-0.15, -0.1) is 0 Å². The second kappa shape index (κ2) is 5.98. The first-order chi connectivity index (χ1) is 8.68. The van der Waals surface area contributed by atoms with Crippen molar-refractivity contribution in [1.82, 2.24) is 0 Å². The molecule has 0 atom stereocenters. The van der Waals surface area contributed by atoms with E-state index in [0.29, 0.717) is 29.4 Å². The normalized spacial score (nSPS) is 12.2. The van der Waals surface area contributed by atoms with E-state index in [0.717, 1.165) is 11.1 Å². The Morgan fingerprint density at radius 1 is 0.632 bits per heavy atom. The molecule has 0 saturated carbocycles. The number of aromatic hydroxyl groups is 1. The highest BCUT2D eigenvalue weighted by atomic mass is 16.3. The van der Waals surface area contributed by atoms with Gasteiger partial charge < -0.3 is 5.11 Å². The maximum absolute atomic E-state index is 10.7. The van der Waals surface area contributed by atoms with Crippen LogP contribution in [0.3, 0.4) is 0 Å². The number of benzene rings is 1. The summed E-state index contributed by atoms with van der Waals surface area (Å²) in [6, 6.07) is 2.23. The minimum atomic E-state index is 0.355. The van der Waals surface area contributed by atoms with Crippen LogP contribution in [0.25, 0.3) is 0 Å². The Kier molecular flexibility index (Phi) is 5.06. The summed E-state index contributed by atoms with van der Waals surface area (Å²) in [6.07, 6.45) is 0. The topological polar surface area (TPSA) is 20.2 Å². The molecule has 0 aromatic heterocycles. The Hall–Kier alpha value is -0.980. The molecule has 0 heterocycles. The summed E-state index contributed by atoms with van der Waals surface area (Å²) >= 11 is 0. The van der Waals surface area contributed by atoms with Crippen molar-refractivity contribution in [1.29, 1.82) is 0 Å². The van der Waals surface area contributed by atoms with Crippen LogP contribution in [0, 0.1) is 0 Å². The first-order valence-corrected chi connectivity index (χ1v) is 7.57. The maximum Gasteiger partial charge on any atom is 0.122 e. The Morgan fingerprint density at radius 2 is 1.05 bits per heavy atom. The van der Waals surface area contributed by atoms with Crippen LogP contribution in [0.2, 0.25) is 0 Å². The van der Waals surface area contributed by atoms with E-state index in [1.165, 1.54) is 11.1 Å². The highest BCUT2D eigenvalue weighted by Gasteiger charge is 2.23. The lowest BCUT2D eigenvalue weighted by Gasteiger charge is -2.26. The van der Waals surface area contributed by atoms with Crippen LogP contribution in [0.5, 0.6) is 5.75 Å². The van der Waals surface area contributed by atoms with Crippen molar-refractivity contribution in [3.05, 3.63) is 28.3 Å². The minimum absolute atomic E-state index is 0.355. The van der Waals surface area contributed by atoms with Gasteiger partial charge in [0.25, 0.3) is 0 Å². The summed E-state index contributed by atoms with van der Waals surface area (Å²) in [5.74, 6) is 2.18. The van der Waals surface area contributed by atoms with Crippen LogP contribution >= 0.6 is 0 Å². The van der Waals surface area contributed by atoms with E-state index in [4.69, 9.17) is 0 Å². The van der Waals surface area contributed by atoms with Gasteiger partial charge in [-0.2, -0.15) is 0 Å². The molecular formula is C18H30O. The third kappa shape index (κ3) is 3.13. The van der Waals surface area contributed by atoms with Crippen LogP contribution < -0.4 is 0 Å². The smallest absolute Gasteiger partial charge is 0.122 e. The number of phenols is 1. The molecule has 0 spiro atoms. The Bertz CT molecular complexity index is 439. The minimum Gasteiger partial charge on any atom is -0.507 e. The van der Waals surface area contributed by atoms with Crippen molar-refractivity contribution in [2.45, 2.75) is 79.1 Å². The molecule has 108 valence electrons. The highest BCUT2D eigenvalue weighted by molar-refractivity contribution is 5.54. The summed E-state index contributed by atoms with van der Waals surface area (Å²) in [6.45, 7) is 17.6. The van der Waals surface area contributed by atoms with Gasteiger partial charge in [-0.05, 0) is 40.4 Å². The van der Waals surface area contributed by atoms with E-state index in [1.807, 2.05) is 0 Å². The Balaban J connectivity index is 3.73. The molecule has 0 saturated heterocycles. The average molecular weight is 262 g/mol. The van der Waals surface area contributed by atoms with Crippen LogP contribution in [-0.2, 0) is 0 Å². The van der Waals surface area contributed by atoms with E-state index in [1.54, 1.807) is 0 Å². The van der Waals surface area contributed by atoms with E-state index in [-0.39, 0.29) is 0 Å². The molecule has 0 radical (unpaired) electrons. The number of hydrogen-bond donors (Lipinski definition) is 1. The molecule has 0 unspecified atom stereocenters. The van der Waals surface area contributed by atoms with Gasteiger partial charge in [0.1, 0.15) is 5.75 Å². The second-order valence-corrected chi connectivity index (χ2v) is 6.85. The molecule has 0 fully saturated rings. The fourth-order valence-electron chi connectivity index (χ4n) is 2.90. The molecule has 1 aromatic rings. The third-order valence-corrected chi connectivity index (χ3v) is 3.84. The largest absolute Gasteiger partial charge is 0.507 e. The molecule has 1 N–H and O–H groups in total. The summed E-state index contributed by atoms with van der Waals surface area (Å²) < 4.78 is 0. The fraction of sp³-hybridized carbons (Fsp3) is 0.667. The molecule has 19 heavy (non-hydrogen) atoms. The molecule has 1 nitrogen and oxygen atoms in total. The van der Waals surface area contributed by atoms with Crippen molar-refractivity contribution in [2.24, 2.45) is 0 Å². The van der Waals surface area contributed by atoms with Crippen molar-refractivity contribution < 1.29 is 5.11 Å². The third-order valence-electron chi connectivity index (χ3n) is 3.84. The molecule has 1 aromatic carbocycles. The zero-order valence-electron chi connectivity index (χ0n) is 13.8. The van der Waals surface area contributed by atoms with E-state index >= 15 is 0 Å². The van der Waals surface area contributed by atoms with Gasteiger partial charge in [0.05, 0.1) is 0 Å². The highest BCUT2D eigenvalue weighted by Crippen LogP contribution is 2.42. The van der Waals surface area contributed by atoms with Crippen molar-refractivity contribution in [3.63, 3.8) is 0 Å². The monoisotopic (exact) mass is 262 g/mol. The predicted octanol–water partition coefficient (Wildman–Crippen LogP) is 5.89. The van der Waals surface area contributed by atoms with E-state index in [2.05, 4.69) is 61.5 Å². The first kappa shape index (κ1) is 16.1. The number of phenolic OH excluding ortho intramolecular Hbond substituents is 1. The van der Waals surface area contributed by atoms with Gasteiger partial charge in [-0.1, -0.05) is 61.5 Å². The standard InChI is InChI=1S/C18H30O/c1-10(2)14-9-15(11(3)4)18(19)17(13(7)8)16(14)12(5)6/h9-13,19H,1-8H3. The SMILES string of the molecule is CC(C)c1cc(C(C)C)c(C(C)C)c(C(C)C)c1O.